The zero-order chi connectivity index (χ0) is 12.0. The first-order chi connectivity index (χ1) is 7.70. The number of hydrogen-bond donors (Lipinski definition) is 0. The van der Waals surface area contributed by atoms with Crippen LogP contribution in [0.15, 0.2) is 22.8 Å². The lowest BCUT2D eigenvalue weighted by molar-refractivity contribution is -0.143. The van der Waals surface area contributed by atoms with Crippen molar-refractivity contribution in [2.24, 2.45) is 5.92 Å². The van der Waals surface area contributed by atoms with Crippen molar-refractivity contribution in [2.75, 3.05) is 7.11 Å². The van der Waals surface area contributed by atoms with Crippen LogP contribution >= 0.6 is 0 Å². The highest BCUT2D eigenvalue weighted by molar-refractivity contribution is 6.07. The highest BCUT2D eigenvalue weighted by atomic mass is 16.5. The third kappa shape index (κ3) is 2.95. The van der Waals surface area contributed by atoms with Crippen LogP contribution in [0.2, 0.25) is 0 Å². The molecule has 0 aliphatic carbocycles. The number of ketones is 1. The molecule has 0 radical (unpaired) electrons. The largest absolute Gasteiger partial charge is 0.468 e. The summed E-state index contributed by atoms with van der Waals surface area (Å²) in [6.07, 6.45) is 3.66. The van der Waals surface area contributed by atoms with Crippen molar-refractivity contribution >= 4 is 11.8 Å². The number of unbranched alkanes of at least 4 members (excludes halogenated alkanes) is 1. The molecule has 1 aromatic rings. The summed E-state index contributed by atoms with van der Waals surface area (Å²) in [5.74, 6) is -1.32. The first-order valence-corrected chi connectivity index (χ1v) is 5.36. The molecule has 1 heterocycles. The minimum atomic E-state index is -0.740. The minimum absolute atomic E-state index is 0.214. The number of hydrogen-bond acceptors (Lipinski definition) is 4. The Morgan fingerprint density at radius 1 is 1.50 bits per heavy atom. The lowest BCUT2D eigenvalue weighted by atomic mass is 9.96. The number of furan rings is 1. The van der Waals surface area contributed by atoms with Crippen molar-refractivity contribution in [3.05, 3.63) is 24.2 Å². The number of esters is 1. The Balaban J connectivity index is 2.76. The van der Waals surface area contributed by atoms with Gasteiger partial charge in [-0.25, -0.2) is 0 Å². The third-order valence-corrected chi connectivity index (χ3v) is 2.41. The average molecular weight is 224 g/mol. The molecule has 4 nitrogen and oxygen atoms in total. The quantitative estimate of drug-likeness (QED) is 0.423. The summed E-state index contributed by atoms with van der Waals surface area (Å²) in [5.41, 5.74) is 0. The molecule has 0 bridgehead atoms. The Hall–Kier alpha value is -1.58. The van der Waals surface area contributed by atoms with Crippen LogP contribution in [0.5, 0.6) is 0 Å². The Morgan fingerprint density at radius 3 is 2.75 bits per heavy atom. The van der Waals surface area contributed by atoms with Crippen LogP contribution in [0.3, 0.4) is 0 Å². The van der Waals surface area contributed by atoms with Gasteiger partial charge in [-0.3, -0.25) is 9.59 Å². The van der Waals surface area contributed by atoms with E-state index in [2.05, 4.69) is 4.74 Å². The van der Waals surface area contributed by atoms with Gasteiger partial charge in [-0.05, 0) is 18.6 Å². The molecule has 0 amide bonds. The molecule has 16 heavy (non-hydrogen) atoms. The Morgan fingerprint density at radius 2 is 2.25 bits per heavy atom. The number of carbonyl (C=O) groups is 2. The second kappa shape index (κ2) is 6.10. The Bertz CT molecular complexity index is 340. The predicted molar refractivity (Wildman–Crippen MR) is 58.1 cm³/mol. The molecule has 0 fully saturated rings. The van der Waals surface area contributed by atoms with E-state index in [1.54, 1.807) is 12.1 Å². The van der Waals surface area contributed by atoms with Gasteiger partial charge in [0.1, 0.15) is 5.92 Å². The van der Waals surface area contributed by atoms with Crippen molar-refractivity contribution in [1.82, 2.24) is 0 Å². The van der Waals surface area contributed by atoms with Gasteiger partial charge in [0.25, 0.3) is 0 Å². The Kier molecular flexibility index (Phi) is 4.76. The smallest absolute Gasteiger partial charge is 0.316 e. The lowest BCUT2D eigenvalue weighted by Gasteiger charge is -2.11. The maximum atomic E-state index is 11.9. The van der Waals surface area contributed by atoms with E-state index in [4.69, 9.17) is 4.42 Å². The van der Waals surface area contributed by atoms with Crippen molar-refractivity contribution in [2.45, 2.75) is 26.2 Å². The lowest BCUT2D eigenvalue weighted by Crippen LogP contribution is -2.25. The van der Waals surface area contributed by atoms with E-state index in [1.165, 1.54) is 13.4 Å². The molecule has 1 unspecified atom stereocenters. The molecule has 0 spiro atoms. The number of rotatable bonds is 6. The molecule has 0 saturated carbocycles. The van der Waals surface area contributed by atoms with E-state index in [0.29, 0.717) is 6.42 Å². The van der Waals surface area contributed by atoms with Crippen LogP contribution in [0.1, 0.15) is 36.7 Å². The summed E-state index contributed by atoms with van der Waals surface area (Å²) < 4.78 is 9.62. The number of Topliss-reactive ketones (excluding diaryl/α,β-unsaturated/α-hetero) is 1. The minimum Gasteiger partial charge on any atom is -0.468 e. The van der Waals surface area contributed by atoms with Crippen LogP contribution in [-0.2, 0) is 9.53 Å². The topological polar surface area (TPSA) is 56.5 Å². The van der Waals surface area contributed by atoms with Crippen LogP contribution in [0.4, 0.5) is 0 Å². The van der Waals surface area contributed by atoms with Gasteiger partial charge in [-0.15, -0.1) is 0 Å². The fraction of sp³-hybridized carbons (Fsp3) is 0.500. The SMILES string of the molecule is CCCCC(C(=O)OC)C(=O)c1ccco1. The van der Waals surface area contributed by atoms with Crippen LogP contribution in [-0.4, -0.2) is 18.9 Å². The fourth-order valence-corrected chi connectivity index (χ4v) is 1.50. The fourth-order valence-electron chi connectivity index (χ4n) is 1.50. The second-order valence-electron chi connectivity index (χ2n) is 3.56. The van der Waals surface area contributed by atoms with E-state index in [1.807, 2.05) is 6.92 Å². The third-order valence-electron chi connectivity index (χ3n) is 2.41. The van der Waals surface area contributed by atoms with Gasteiger partial charge in [0.2, 0.25) is 5.78 Å². The average Bonchev–Trinajstić information content (AvgIpc) is 2.82. The van der Waals surface area contributed by atoms with E-state index >= 15 is 0 Å². The summed E-state index contributed by atoms with van der Waals surface area (Å²) in [5, 5.41) is 0. The van der Waals surface area contributed by atoms with E-state index in [0.717, 1.165) is 12.8 Å². The van der Waals surface area contributed by atoms with E-state index < -0.39 is 11.9 Å². The molecule has 1 atom stereocenters. The molecule has 0 aliphatic heterocycles. The van der Waals surface area contributed by atoms with Gasteiger partial charge in [0, 0.05) is 0 Å². The zero-order valence-corrected chi connectivity index (χ0v) is 9.56. The first kappa shape index (κ1) is 12.5. The van der Waals surface area contributed by atoms with Gasteiger partial charge in [-0.2, -0.15) is 0 Å². The van der Waals surface area contributed by atoms with Gasteiger partial charge in [0.15, 0.2) is 5.76 Å². The van der Waals surface area contributed by atoms with Crippen molar-refractivity contribution in [1.29, 1.82) is 0 Å². The summed E-state index contributed by atoms with van der Waals surface area (Å²) in [7, 11) is 1.29. The van der Waals surface area contributed by atoms with Crippen molar-refractivity contribution in [3.8, 4) is 0 Å². The highest BCUT2D eigenvalue weighted by Gasteiger charge is 2.29. The molecule has 0 aliphatic rings. The monoisotopic (exact) mass is 224 g/mol. The van der Waals surface area contributed by atoms with Gasteiger partial charge in [0.05, 0.1) is 13.4 Å². The molecular weight excluding hydrogens is 208 g/mol. The van der Waals surface area contributed by atoms with Crippen LogP contribution in [0.25, 0.3) is 0 Å². The molecule has 4 heteroatoms. The normalized spacial score (nSPS) is 12.1. The van der Waals surface area contributed by atoms with Gasteiger partial charge < -0.3 is 9.15 Å². The maximum absolute atomic E-state index is 11.9. The van der Waals surface area contributed by atoms with Gasteiger partial charge >= 0.3 is 5.97 Å². The van der Waals surface area contributed by atoms with Crippen molar-refractivity contribution in [3.63, 3.8) is 0 Å². The molecule has 0 N–H and O–H groups in total. The zero-order valence-electron chi connectivity index (χ0n) is 9.56. The summed E-state index contributed by atoms with van der Waals surface area (Å²) >= 11 is 0. The molecule has 88 valence electrons. The molecule has 0 saturated heterocycles. The van der Waals surface area contributed by atoms with E-state index in [-0.39, 0.29) is 11.5 Å². The van der Waals surface area contributed by atoms with Gasteiger partial charge in [-0.1, -0.05) is 19.8 Å². The standard InChI is InChI=1S/C12H16O4/c1-3-4-6-9(12(14)15-2)11(13)10-7-5-8-16-10/h5,7-9H,3-4,6H2,1-2H3. The Labute approximate surface area is 94.6 Å². The highest BCUT2D eigenvalue weighted by Crippen LogP contribution is 2.17. The first-order valence-electron chi connectivity index (χ1n) is 5.36. The van der Waals surface area contributed by atoms with E-state index in [9.17, 15) is 9.59 Å². The maximum Gasteiger partial charge on any atom is 0.316 e. The summed E-state index contributed by atoms with van der Waals surface area (Å²) in [6, 6.07) is 3.19. The summed E-state index contributed by atoms with van der Waals surface area (Å²) in [4.78, 5) is 23.4. The number of ether oxygens (including phenoxy) is 1. The molecule has 1 rings (SSSR count). The van der Waals surface area contributed by atoms with Crippen LogP contribution in [0, 0.1) is 5.92 Å². The molecule has 1 aromatic heterocycles. The predicted octanol–water partition coefficient (Wildman–Crippen LogP) is 2.44. The molecular formula is C12H16O4. The number of carbonyl (C=O) groups excluding carboxylic acids is 2. The molecule has 0 aromatic carbocycles. The van der Waals surface area contributed by atoms with Crippen molar-refractivity contribution < 1.29 is 18.7 Å². The second-order valence-corrected chi connectivity index (χ2v) is 3.56. The summed E-state index contributed by atoms with van der Waals surface area (Å²) in [6.45, 7) is 2.01. The van der Waals surface area contributed by atoms with Crippen LogP contribution < -0.4 is 0 Å². The number of methoxy groups -OCH3 is 1.